The van der Waals surface area contributed by atoms with Gasteiger partial charge >= 0.3 is 0 Å². The van der Waals surface area contributed by atoms with E-state index in [0.717, 1.165) is 21.6 Å². The van der Waals surface area contributed by atoms with Gasteiger partial charge in [-0.1, -0.05) is 18.2 Å². The Bertz CT molecular complexity index is 537. The Balaban J connectivity index is 2.52. The Labute approximate surface area is 79.1 Å². The number of hydrogen-bond acceptors (Lipinski definition) is 3. The van der Waals surface area contributed by atoms with Crippen molar-refractivity contribution in [3.63, 3.8) is 0 Å². The SMILES string of the molecule is Cn1nc2c3ccccc3nc-2s1. The zero-order valence-electron chi connectivity index (χ0n) is 7.06. The first-order chi connectivity index (χ1) is 6.34. The molecule has 2 heterocycles. The van der Waals surface area contributed by atoms with E-state index < -0.39 is 0 Å². The molecule has 64 valence electrons. The number of hydrogen-bond donors (Lipinski definition) is 0. The second kappa shape index (κ2) is 2.29. The van der Waals surface area contributed by atoms with Gasteiger partial charge in [0, 0.05) is 12.4 Å². The van der Waals surface area contributed by atoms with Crippen LogP contribution >= 0.6 is 11.5 Å². The zero-order valence-corrected chi connectivity index (χ0v) is 7.88. The van der Waals surface area contributed by atoms with Gasteiger partial charge in [-0.3, -0.25) is 0 Å². The third-order valence-electron chi connectivity index (χ3n) is 2.04. The van der Waals surface area contributed by atoms with Crippen LogP contribution in [0, 0.1) is 0 Å². The van der Waals surface area contributed by atoms with Gasteiger partial charge in [0.1, 0.15) is 5.69 Å². The first kappa shape index (κ1) is 7.03. The molecule has 0 aliphatic carbocycles. The van der Waals surface area contributed by atoms with Gasteiger partial charge in [-0.15, -0.1) is 0 Å². The van der Waals surface area contributed by atoms with E-state index in [0.29, 0.717) is 0 Å². The fourth-order valence-corrected chi connectivity index (χ4v) is 2.24. The molecule has 0 spiro atoms. The Hall–Kier alpha value is -1.42. The molecular weight excluding hydrogens is 182 g/mol. The highest BCUT2D eigenvalue weighted by Gasteiger charge is 2.15. The third kappa shape index (κ3) is 0.890. The minimum absolute atomic E-state index is 1.02. The molecule has 3 nitrogen and oxygen atoms in total. The molecule has 0 unspecified atom stereocenters. The molecule has 0 N–H and O–H groups in total. The number of aromatic nitrogens is 3. The Morgan fingerprint density at radius 2 is 2.15 bits per heavy atom. The van der Waals surface area contributed by atoms with E-state index in [1.165, 1.54) is 0 Å². The maximum Gasteiger partial charge on any atom is 0.162 e. The van der Waals surface area contributed by atoms with Gasteiger partial charge in [0.15, 0.2) is 5.01 Å². The molecule has 0 fully saturated rings. The number of aryl methyl sites for hydroxylation is 1. The number of rotatable bonds is 0. The molecule has 2 aliphatic heterocycles. The summed E-state index contributed by atoms with van der Waals surface area (Å²) in [6, 6.07) is 8.09. The van der Waals surface area contributed by atoms with E-state index in [4.69, 9.17) is 0 Å². The van der Waals surface area contributed by atoms with Crippen molar-refractivity contribution in [2.24, 2.45) is 7.05 Å². The lowest BCUT2D eigenvalue weighted by Gasteiger charge is -1.86. The van der Waals surface area contributed by atoms with Gasteiger partial charge in [-0.05, 0) is 17.6 Å². The molecule has 1 aromatic carbocycles. The fraction of sp³-hybridized carbons (Fsp3) is 0.111. The summed E-state index contributed by atoms with van der Waals surface area (Å²) in [5, 5.41) is 6.54. The van der Waals surface area contributed by atoms with Crippen LogP contribution in [0.3, 0.4) is 0 Å². The summed E-state index contributed by atoms with van der Waals surface area (Å²) in [5.74, 6) is 0. The van der Waals surface area contributed by atoms with Crippen molar-refractivity contribution >= 4 is 22.4 Å². The van der Waals surface area contributed by atoms with Crippen LogP contribution in [0.1, 0.15) is 0 Å². The quantitative estimate of drug-likeness (QED) is 0.542. The molecule has 0 bridgehead atoms. The van der Waals surface area contributed by atoms with E-state index in [1.807, 2.05) is 29.3 Å². The molecule has 1 aromatic rings. The minimum Gasteiger partial charge on any atom is -0.234 e. The number of para-hydroxylation sites is 1. The standard InChI is InChI=1S/C9H7N3S/c1-12-11-8-6-4-2-3-5-7(6)10-9(8)13-12/h2-5H,1H3. The maximum atomic E-state index is 4.47. The average molecular weight is 189 g/mol. The molecule has 4 heteroatoms. The summed E-state index contributed by atoms with van der Waals surface area (Å²) in [6.07, 6.45) is 0. The lowest BCUT2D eigenvalue weighted by Crippen LogP contribution is -1.83. The van der Waals surface area contributed by atoms with Gasteiger partial charge in [-0.2, -0.15) is 5.10 Å². The minimum atomic E-state index is 1.02. The average Bonchev–Trinajstić information content (AvgIpc) is 2.60. The van der Waals surface area contributed by atoms with E-state index in [1.54, 1.807) is 11.5 Å². The summed E-state index contributed by atoms with van der Waals surface area (Å²) < 4.78 is 1.84. The molecule has 3 rings (SSSR count). The molecule has 0 aromatic heterocycles. The zero-order chi connectivity index (χ0) is 8.84. The highest BCUT2D eigenvalue weighted by molar-refractivity contribution is 7.09. The van der Waals surface area contributed by atoms with Crippen LogP contribution in [0.25, 0.3) is 21.6 Å². The molecule has 13 heavy (non-hydrogen) atoms. The molecule has 0 saturated heterocycles. The molecule has 2 aliphatic rings. The van der Waals surface area contributed by atoms with E-state index in [-0.39, 0.29) is 0 Å². The molecule has 0 radical (unpaired) electrons. The Morgan fingerprint density at radius 1 is 1.31 bits per heavy atom. The predicted molar refractivity (Wildman–Crippen MR) is 53.0 cm³/mol. The van der Waals surface area contributed by atoms with Crippen molar-refractivity contribution in [1.82, 2.24) is 14.2 Å². The monoisotopic (exact) mass is 189 g/mol. The smallest absolute Gasteiger partial charge is 0.162 e. The molecule has 0 saturated carbocycles. The van der Waals surface area contributed by atoms with E-state index >= 15 is 0 Å². The van der Waals surface area contributed by atoms with Crippen molar-refractivity contribution in [3.8, 4) is 10.7 Å². The fourth-order valence-electron chi connectivity index (χ4n) is 1.50. The Morgan fingerprint density at radius 3 is 3.08 bits per heavy atom. The van der Waals surface area contributed by atoms with Crippen LogP contribution in [0.15, 0.2) is 24.3 Å². The molecular formula is C9H7N3S. The van der Waals surface area contributed by atoms with Gasteiger partial charge < -0.3 is 0 Å². The largest absolute Gasteiger partial charge is 0.234 e. The number of nitrogens with zero attached hydrogens (tertiary/aromatic N) is 3. The third-order valence-corrected chi connectivity index (χ3v) is 2.85. The first-order valence-corrected chi connectivity index (χ1v) is 4.81. The van der Waals surface area contributed by atoms with Gasteiger partial charge in [0.2, 0.25) is 0 Å². The second-order valence-corrected chi connectivity index (χ2v) is 4.04. The van der Waals surface area contributed by atoms with Gasteiger partial charge in [-0.25, -0.2) is 9.06 Å². The summed E-state index contributed by atoms with van der Waals surface area (Å²) in [4.78, 5) is 4.47. The highest BCUT2D eigenvalue weighted by Crippen LogP contribution is 2.31. The summed E-state index contributed by atoms with van der Waals surface area (Å²) in [5.41, 5.74) is 2.06. The van der Waals surface area contributed by atoms with Gasteiger partial charge in [0.05, 0.1) is 5.52 Å². The molecule has 0 atom stereocenters. The van der Waals surface area contributed by atoms with Crippen LogP contribution in [0.5, 0.6) is 0 Å². The van der Waals surface area contributed by atoms with Crippen LogP contribution in [-0.2, 0) is 7.05 Å². The molecule has 0 amide bonds. The number of benzene rings is 1. The lowest BCUT2D eigenvalue weighted by molar-refractivity contribution is 0.849. The second-order valence-electron chi connectivity index (χ2n) is 2.94. The van der Waals surface area contributed by atoms with E-state index in [2.05, 4.69) is 16.1 Å². The van der Waals surface area contributed by atoms with Gasteiger partial charge in [0.25, 0.3) is 0 Å². The first-order valence-electron chi connectivity index (χ1n) is 4.03. The number of fused-ring (bicyclic) bond motifs is 3. The van der Waals surface area contributed by atoms with Crippen LogP contribution in [-0.4, -0.2) is 14.2 Å². The normalized spacial score (nSPS) is 11.5. The van der Waals surface area contributed by atoms with Crippen molar-refractivity contribution in [2.75, 3.05) is 0 Å². The van der Waals surface area contributed by atoms with Crippen molar-refractivity contribution < 1.29 is 0 Å². The maximum absolute atomic E-state index is 4.47. The van der Waals surface area contributed by atoms with Crippen LogP contribution < -0.4 is 0 Å². The summed E-state index contributed by atoms with van der Waals surface area (Å²) >= 11 is 1.57. The van der Waals surface area contributed by atoms with Crippen molar-refractivity contribution in [1.29, 1.82) is 0 Å². The topological polar surface area (TPSA) is 30.7 Å². The summed E-state index contributed by atoms with van der Waals surface area (Å²) in [7, 11) is 1.93. The highest BCUT2D eigenvalue weighted by atomic mass is 32.1. The van der Waals surface area contributed by atoms with E-state index in [9.17, 15) is 0 Å². The lowest BCUT2D eigenvalue weighted by atomic mass is 10.2. The van der Waals surface area contributed by atoms with Crippen LogP contribution in [0.2, 0.25) is 0 Å². The summed E-state index contributed by atoms with van der Waals surface area (Å²) in [6.45, 7) is 0. The van der Waals surface area contributed by atoms with Crippen molar-refractivity contribution in [2.45, 2.75) is 0 Å². The predicted octanol–water partition coefficient (Wildman–Crippen LogP) is 2.13. The Kier molecular flexibility index (Phi) is 1.24. The van der Waals surface area contributed by atoms with Crippen LogP contribution in [0.4, 0.5) is 0 Å². The van der Waals surface area contributed by atoms with Crippen molar-refractivity contribution in [3.05, 3.63) is 24.3 Å².